The first kappa shape index (κ1) is 12.2. The first-order chi connectivity index (χ1) is 5.61. The summed E-state index contributed by atoms with van der Waals surface area (Å²) in [6.45, 7) is 8.35. The molecule has 0 aromatic rings. The van der Waals surface area contributed by atoms with E-state index in [4.69, 9.17) is 16.7 Å². The number of aliphatic hydroxyl groups is 1. The number of aliphatic hydroxyl groups excluding tert-OH is 1. The molecule has 1 N–H and O–H groups in total. The first-order valence-corrected chi connectivity index (χ1v) is 5.06. The summed E-state index contributed by atoms with van der Waals surface area (Å²) >= 11 is 5.71. The highest BCUT2D eigenvalue weighted by Crippen LogP contribution is 2.05. The zero-order chi connectivity index (χ0) is 9.56. The fourth-order valence-corrected chi connectivity index (χ4v) is 1.24. The number of alkyl halides is 1. The molecular weight excluding hydrogens is 174 g/mol. The minimum atomic E-state index is 0.229. The molecule has 0 heterocycles. The van der Waals surface area contributed by atoms with Crippen LogP contribution in [-0.2, 0) is 0 Å². The molecule has 1 unspecified atom stereocenters. The van der Waals surface area contributed by atoms with E-state index in [9.17, 15) is 0 Å². The van der Waals surface area contributed by atoms with Crippen LogP contribution in [0.1, 0.15) is 20.8 Å². The van der Waals surface area contributed by atoms with Gasteiger partial charge in [-0.1, -0.05) is 6.92 Å². The van der Waals surface area contributed by atoms with E-state index in [1.807, 2.05) is 0 Å². The van der Waals surface area contributed by atoms with Crippen molar-refractivity contribution in [1.82, 2.24) is 4.90 Å². The molecule has 0 aromatic carbocycles. The first-order valence-electron chi connectivity index (χ1n) is 4.52. The molecule has 0 rings (SSSR count). The SMILES string of the molecule is CC(CCl)CN(CCO)C(C)C. The Hall–Kier alpha value is 0.210. The van der Waals surface area contributed by atoms with E-state index in [0.717, 1.165) is 13.1 Å². The van der Waals surface area contributed by atoms with E-state index in [1.165, 1.54) is 0 Å². The molecule has 1 atom stereocenters. The average Bonchev–Trinajstić information content (AvgIpc) is 2.03. The van der Waals surface area contributed by atoms with Crippen LogP contribution in [-0.4, -0.2) is 41.6 Å². The Bertz CT molecular complexity index is 109. The van der Waals surface area contributed by atoms with Gasteiger partial charge < -0.3 is 5.11 Å². The normalized spacial score (nSPS) is 14.2. The van der Waals surface area contributed by atoms with Crippen molar-refractivity contribution in [3.05, 3.63) is 0 Å². The topological polar surface area (TPSA) is 23.5 Å². The third kappa shape index (κ3) is 4.96. The van der Waals surface area contributed by atoms with Gasteiger partial charge in [-0.2, -0.15) is 0 Å². The zero-order valence-electron chi connectivity index (χ0n) is 8.26. The van der Waals surface area contributed by atoms with Crippen LogP contribution < -0.4 is 0 Å². The number of hydrogen-bond donors (Lipinski definition) is 1. The molecule has 12 heavy (non-hydrogen) atoms. The summed E-state index contributed by atoms with van der Waals surface area (Å²) in [4.78, 5) is 2.24. The molecule has 0 aliphatic heterocycles. The molecule has 0 aliphatic carbocycles. The minimum Gasteiger partial charge on any atom is -0.395 e. The summed E-state index contributed by atoms with van der Waals surface area (Å²) in [6.07, 6.45) is 0. The number of hydrogen-bond acceptors (Lipinski definition) is 2. The van der Waals surface area contributed by atoms with E-state index in [2.05, 4.69) is 25.7 Å². The lowest BCUT2D eigenvalue weighted by molar-refractivity contribution is 0.152. The fraction of sp³-hybridized carbons (Fsp3) is 1.00. The van der Waals surface area contributed by atoms with Crippen molar-refractivity contribution in [2.24, 2.45) is 5.92 Å². The smallest absolute Gasteiger partial charge is 0.0558 e. The second-order valence-corrected chi connectivity index (χ2v) is 3.88. The van der Waals surface area contributed by atoms with E-state index < -0.39 is 0 Å². The van der Waals surface area contributed by atoms with Crippen molar-refractivity contribution in [1.29, 1.82) is 0 Å². The molecule has 0 fully saturated rings. The fourth-order valence-electron chi connectivity index (χ4n) is 1.14. The Balaban J connectivity index is 3.77. The Morgan fingerprint density at radius 1 is 1.33 bits per heavy atom. The second kappa shape index (κ2) is 6.70. The largest absolute Gasteiger partial charge is 0.395 e. The van der Waals surface area contributed by atoms with Crippen LogP contribution in [0.3, 0.4) is 0 Å². The maximum absolute atomic E-state index is 8.80. The highest BCUT2D eigenvalue weighted by molar-refractivity contribution is 6.18. The van der Waals surface area contributed by atoms with Gasteiger partial charge in [0.2, 0.25) is 0 Å². The Kier molecular flexibility index (Phi) is 6.81. The van der Waals surface area contributed by atoms with Crippen LogP contribution in [0.2, 0.25) is 0 Å². The molecule has 0 saturated carbocycles. The molecule has 0 aliphatic rings. The van der Waals surface area contributed by atoms with Crippen molar-refractivity contribution in [3.8, 4) is 0 Å². The van der Waals surface area contributed by atoms with Gasteiger partial charge >= 0.3 is 0 Å². The van der Waals surface area contributed by atoms with Crippen LogP contribution >= 0.6 is 11.6 Å². The molecular formula is C9H20ClNO. The number of rotatable bonds is 6. The van der Waals surface area contributed by atoms with Crippen molar-refractivity contribution >= 4 is 11.6 Å². The summed E-state index contributed by atoms with van der Waals surface area (Å²) in [5.74, 6) is 1.19. The van der Waals surface area contributed by atoms with Crippen LogP contribution in [0.5, 0.6) is 0 Å². The van der Waals surface area contributed by atoms with E-state index >= 15 is 0 Å². The molecule has 74 valence electrons. The molecule has 0 saturated heterocycles. The molecule has 3 heteroatoms. The highest BCUT2D eigenvalue weighted by Gasteiger charge is 2.11. The highest BCUT2D eigenvalue weighted by atomic mass is 35.5. The Labute approximate surface area is 80.5 Å². The maximum atomic E-state index is 8.80. The molecule has 0 amide bonds. The van der Waals surface area contributed by atoms with Gasteiger partial charge in [-0.3, -0.25) is 4.90 Å². The number of nitrogens with zero attached hydrogens (tertiary/aromatic N) is 1. The Morgan fingerprint density at radius 3 is 2.25 bits per heavy atom. The molecule has 0 aromatic heterocycles. The third-order valence-corrected chi connectivity index (χ3v) is 2.45. The predicted molar refractivity (Wildman–Crippen MR) is 53.7 cm³/mol. The summed E-state index contributed by atoms with van der Waals surface area (Å²) < 4.78 is 0. The maximum Gasteiger partial charge on any atom is 0.0558 e. The molecule has 0 radical (unpaired) electrons. The van der Waals surface area contributed by atoms with E-state index in [-0.39, 0.29) is 6.61 Å². The quantitative estimate of drug-likeness (QED) is 0.648. The minimum absolute atomic E-state index is 0.229. The molecule has 2 nitrogen and oxygen atoms in total. The van der Waals surface area contributed by atoms with Crippen molar-refractivity contribution in [2.45, 2.75) is 26.8 Å². The summed E-state index contributed by atoms with van der Waals surface area (Å²) in [7, 11) is 0. The second-order valence-electron chi connectivity index (χ2n) is 3.57. The van der Waals surface area contributed by atoms with E-state index in [0.29, 0.717) is 17.8 Å². The molecule has 0 bridgehead atoms. The van der Waals surface area contributed by atoms with Crippen LogP contribution in [0.25, 0.3) is 0 Å². The molecule has 0 spiro atoms. The van der Waals surface area contributed by atoms with Gasteiger partial charge in [-0.05, 0) is 19.8 Å². The predicted octanol–water partition coefficient (Wildman–Crippen LogP) is 1.56. The van der Waals surface area contributed by atoms with Gasteiger partial charge in [0.15, 0.2) is 0 Å². The van der Waals surface area contributed by atoms with Crippen LogP contribution in [0, 0.1) is 5.92 Å². The van der Waals surface area contributed by atoms with Gasteiger partial charge in [-0.15, -0.1) is 11.6 Å². The van der Waals surface area contributed by atoms with Gasteiger partial charge in [0.25, 0.3) is 0 Å². The monoisotopic (exact) mass is 193 g/mol. The number of halogens is 1. The van der Waals surface area contributed by atoms with Crippen molar-refractivity contribution in [2.75, 3.05) is 25.6 Å². The Morgan fingerprint density at radius 2 is 1.92 bits per heavy atom. The van der Waals surface area contributed by atoms with Gasteiger partial charge in [0.1, 0.15) is 0 Å². The lowest BCUT2D eigenvalue weighted by Gasteiger charge is -2.27. The lowest BCUT2D eigenvalue weighted by Crippen LogP contribution is -2.37. The average molecular weight is 194 g/mol. The third-order valence-electron chi connectivity index (χ3n) is 1.93. The van der Waals surface area contributed by atoms with Gasteiger partial charge in [0, 0.05) is 25.0 Å². The summed E-state index contributed by atoms with van der Waals surface area (Å²) in [5.41, 5.74) is 0. The van der Waals surface area contributed by atoms with Gasteiger partial charge in [-0.25, -0.2) is 0 Å². The van der Waals surface area contributed by atoms with Gasteiger partial charge in [0.05, 0.1) is 6.61 Å². The van der Waals surface area contributed by atoms with Crippen LogP contribution in [0.15, 0.2) is 0 Å². The lowest BCUT2D eigenvalue weighted by atomic mass is 10.2. The van der Waals surface area contributed by atoms with E-state index in [1.54, 1.807) is 0 Å². The zero-order valence-corrected chi connectivity index (χ0v) is 9.01. The van der Waals surface area contributed by atoms with Crippen molar-refractivity contribution in [3.63, 3.8) is 0 Å². The summed E-state index contributed by atoms with van der Waals surface area (Å²) in [5, 5.41) is 8.80. The summed E-state index contributed by atoms with van der Waals surface area (Å²) in [6, 6.07) is 0.489. The van der Waals surface area contributed by atoms with Crippen molar-refractivity contribution < 1.29 is 5.11 Å². The standard InChI is InChI=1S/C9H20ClNO/c1-8(2)11(4-5-12)7-9(3)6-10/h8-9,12H,4-7H2,1-3H3. The van der Waals surface area contributed by atoms with Crippen LogP contribution in [0.4, 0.5) is 0 Å².